The normalized spacial score (nSPS) is 10.9. The molecule has 1 N–H and O–H groups in total. The zero-order chi connectivity index (χ0) is 20.9. The molecule has 0 aliphatic heterocycles. The molecule has 4 aromatic rings. The third-order valence-corrected chi connectivity index (χ3v) is 4.87. The van der Waals surface area contributed by atoms with E-state index in [1.54, 1.807) is 28.6 Å². The van der Waals surface area contributed by atoms with Gasteiger partial charge < -0.3 is 10.1 Å². The number of ether oxygens (including phenoxy) is 1. The molecule has 0 saturated carbocycles. The number of nitrogens with one attached hydrogen (secondary N) is 1. The van der Waals surface area contributed by atoms with Crippen LogP contribution in [-0.4, -0.2) is 54.5 Å². The highest BCUT2D eigenvalue weighted by molar-refractivity contribution is 7.98. The smallest absolute Gasteiger partial charge is 0.278 e. The first-order valence-electron chi connectivity index (χ1n) is 8.94. The van der Waals surface area contributed by atoms with Crippen LogP contribution in [0.15, 0.2) is 59.8 Å². The number of hydrogen-bond acceptors (Lipinski definition) is 8. The molecule has 0 aliphatic rings. The second-order valence-corrected chi connectivity index (χ2v) is 6.92. The zero-order valence-electron chi connectivity index (χ0n) is 16.3. The summed E-state index contributed by atoms with van der Waals surface area (Å²) < 4.78 is 8.49. The van der Waals surface area contributed by atoms with Crippen LogP contribution in [0.1, 0.15) is 16.2 Å². The third-order valence-electron chi connectivity index (χ3n) is 4.25. The van der Waals surface area contributed by atoms with Gasteiger partial charge in [-0.15, -0.1) is 10.2 Å². The number of para-hydroxylation sites is 1. The Morgan fingerprint density at radius 1 is 1.00 bits per heavy atom. The lowest BCUT2D eigenvalue weighted by Gasteiger charge is -2.08. The van der Waals surface area contributed by atoms with E-state index in [1.807, 2.05) is 48.7 Å². The number of carbonyl (C=O) groups excluding carboxylic acids is 1. The van der Waals surface area contributed by atoms with Gasteiger partial charge in [0.15, 0.2) is 5.69 Å². The van der Waals surface area contributed by atoms with E-state index in [0.717, 1.165) is 11.4 Å². The van der Waals surface area contributed by atoms with Gasteiger partial charge >= 0.3 is 0 Å². The molecule has 2 heterocycles. The molecule has 4 rings (SSSR count). The van der Waals surface area contributed by atoms with Crippen molar-refractivity contribution in [2.24, 2.45) is 0 Å². The molecule has 10 nitrogen and oxygen atoms in total. The van der Waals surface area contributed by atoms with Crippen molar-refractivity contribution in [2.45, 2.75) is 11.8 Å². The molecule has 0 saturated heterocycles. The molecule has 0 bridgehead atoms. The second-order valence-electron chi connectivity index (χ2n) is 6.14. The fourth-order valence-corrected chi connectivity index (χ4v) is 3.30. The summed E-state index contributed by atoms with van der Waals surface area (Å²) in [6.07, 6.45) is 1.90. The van der Waals surface area contributed by atoms with Gasteiger partial charge in [-0.25, -0.2) is 4.68 Å². The molecule has 152 valence electrons. The number of thioether (sulfide) groups is 1. The largest absolute Gasteiger partial charge is 0.378 e. The van der Waals surface area contributed by atoms with E-state index in [2.05, 4.69) is 31.2 Å². The van der Waals surface area contributed by atoms with Gasteiger partial charge in [0.25, 0.3) is 5.91 Å². The van der Waals surface area contributed by atoms with Crippen molar-refractivity contribution in [1.82, 2.24) is 35.2 Å². The van der Waals surface area contributed by atoms with Crippen LogP contribution >= 0.6 is 11.8 Å². The quantitative estimate of drug-likeness (QED) is 0.452. The maximum atomic E-state index is 12.8. The van der Waals surface area contributed by atoms with Crippen molar-refractivity contribution in [3.63, 3.8) is 0 Å². The average molecular weight is 422 g/mol. The first-order valence-corrected chi connectivity index (χ1v) is 10.2. The topological polar surface area (TPSA) is 113 Å². The van der Waals surface area contributed by atoms with Gasteiger partial charge in [-0.05, 0) is 53.1 Å². The van der Waals surface area contributed by atoms with E-state index < -0.39 is 0 Å². The summed E-state index contributed by atoms with van der Waals surface area (Å²) in [6.45, 7) is 0.195. The van der Waals surface area contributed by atoms with E-state index in [-0.39, 0.29) is 18.2 Å². The van der Waals surface area contributed by atoms with Crippen LogP contribution in [0.25, 0.3) is 11.4 Å². The van der Waals surface area contributed by atoms with Crippen LogP contribution in [-0.2, 0) is 11.3 Å². The van der Waals surface area contributed by atoms with E-state index in [4.69, 9.17) is 4.74 Å². The summed E-state index contributed by atoms with van der Waals surface area (Å²) >= 11 is 1.44. The van der Waals surface area contributed by atoms with Crippen molar-refractivity contribution in [1.29, 1.82) is 0 Å². The second kappa shape index (κ2) is 8.84. The van der Waals surface area contributed by atoms with Crippen molar-refractivity contribution in [3.05, 3.63) is 66.0 Å². The summed E-state index contributed by atoms with van der Waals surface area (Å²) in [5.74, 6) is -0.371. The fraction of sp³-hybridized carbons (Fsp3) is 0.158. The van der Waals surface area contributed by atoms with Crippen LogP contribution in [0.5, 0.6) is 0 Å². The lowest BCUT2D eigenvalue weighted by molar-refractivity contribution is 0.101. The van der Waals surface area contributed by atoms with E-state index in [1.165, 1.54) is 11.8 Å². The Labute approximate surface area is 176 Å². The SMILES string of the molecule is COCc1c(C(=O)Nc2ccc(-n3nnnc3SC)cc2)nnn1-c1ccccc1. The molecule has 0 spiro atoms. The van der Waals surface area contributed by atoms with Crippen LogP contribution in [0.2, 0.25) is 0 Å². The first-order chi connectivity index (χ1) is 14.7. The van der Waals surface area contributed by atoms with Crippen LogP contribution in [0.3, 0.4) is 0 Å². The molecule has 11 heteroatoms. The highest BCUT2D eigenvalue weighted by Crippen LogP contribution is 2.19. The van der Waals surface area contributed by atoms with Gasteiger partial charge in [-0.3, -0.25) is 4.79 Å². The number of rotatable bonds is 7. The first kappa shape index (κ1) is 19.7. The molecular formula is C19H18N8O2S. The lowest BCUT2D eigenvalue weighted by Crippen LogP contribution is -2.16. The molecule has 0 fully saturated rings. The predicted molar refractivity (Wildman–Crippen MR) is 111 cm³/mol. The van der Waals surface area contributed by atoms with Gasteiger partial charge in [0.1, 0.15) is 5.69 Å². The molecule has 0 radical (unpaired) electrons. The number of tetrazole rings is 1. The number of anilines is 1. The minimum absolute atomic E-state index is 0.195. The van der Waals surface area contributed by atoms with Gasteiger partial charge in [-0.1, -0.05) is 35.2 Å². The number of hydrogen-bond donors (Lipinski definition) is 1. The maximum absolute atomic E-state index is 12.8. The number of amides is 1. The molecular weight excluding hydrogens is 404 g/mol. The molecule has 0 aliphatic carbocycles. The number of methoxy groups -OCH3 is 1. The van der Waals surface area contributed by atoms with Gasteiger partial charge in [0.05, 0.1) is 18.0 Å². The summed E-state index contributed by atoms with van der Waals surface area (Å²) in [6, 6.07) is 16.7. The standard InChI is InChI=1S/C19H18N8O2S/c1-29-12-16-17(21-24-26(16)14-6-4-3-5-7-14)18(28)20-13-8-10-15(11-9-13)27-19(30-2)22-23-25-27/h3-11H,12H2,1-2H3,(H,20,28). The Balaban J connectivity index is 1.56. The monoisotopic (exact) mass is 422 g/mol. The zero-order valence-corrected chi connectivity index (χ0v) is 17.1. The van der Waals surface area contributed by atoms with Gasteiger partial charge in [0, 0.05) is 12.8 Å². The Bertz CT molecular complexity index is 1140. The highest BCUT2D eigenvalue weighted by atomic mass is 32.2. The number of benzene rings is 2. The molecule has 2 aromatic heterocycles. The molecule has 2 aromatic carbocycles. The van der Waals surface area contributed by atoms with E-state index in [0.29, 0.717) is 16.5 Å². The minimum atomic E-state index is -0.371. The lowest BCUT2D eigenvalue weighted by atomic mass is 10.2. The minimum Gasteiger partial charge on any atom is -0.378 e. The van der Waals surface area contributed by atoms with Crippen molar-refractivity contribution in [2.75, 3.05) is 18.7 Å². The fourth-order valence-electron chi connectivity index (χ4n) is 2.87. The van der Waals surface area contributed by atoms with Gasteiger partial charge in [0.2, 0.25) is 5.16 Å². The van der Waals surface area contributed by atoms with Crippen LogP contribution < -0.4 is 5.32 Å². The van der Waals surface area contributed by atoms with Crippen LogP contribution in [0, 0.1) is 0 Å². The summed E-state index contributed by atoms with van der Waals surface area (Å²) in [7, 11) is 1.56. The van der Waals surface area contributed by atoms with Crippen LogP contribution in [0.4, 0.5) is 5.69 Å². The maximum Gasteiger partial charge on any atom is 0.278 e. The Hall–Kier alpha value is -3.57. The molecule has 0 unspecified atom stereocenters. The molecule has 0 atom stereocenters. The average Bonchev–Trinajstić information content (AvgIpc) is 3.42. The Morgan fingerprint density at radius 3 is 2.43 bits per heavy atom. The number of carbonyl (C=O) groups is 1. The van der Waals surface area contributed by atoms with Crippen molar-refractivity contribution >= 4 is 23.4 Å². The Kier molecular flexibility index (Phi) is 5.82. The summed E-state index contributed by atoms with van der Waals surface area (Å²) in [5.41, 5.74) is 2.97. The predicted octanol–water partition coefficient (Wildman–Crippen LogP) is 2.36. The highest BCUT2D eigenvalue weighted by Gasteiger charge is 2.21. The van der Waals surface area contributed by atoms with E-state index in [9.17, 15) is 4.79 Å². The summed E-state index contributed by atoms with van der Waals surface area (Å²) in [4.78, 5) is 12.8. The number of nitrogens with zero attached hydrogens (tertiary/aromatic N) is 7. The van der Waals surface area contributed by atoms with Crippen molar-refractivity contribution in [3.8, 4) is 11.4 Å². The van der Waals surface area contributed by atoms with Gasteiger partial charge in [-0.2, -0.15) is 4.68 Å². The third kappa shape index (κ3) is 3.93. The molecule has 30 heavy (non-hydrogen) atoms. The van der Waals surface area contributed by atoms with E-state index >= 15 is 0 Å². The summed E-state index contributed by atoms with van der Waals surface area (Å²) in [5, 5.41) is 23.3. The van der Waals surface area contributed by atoms with Crippen molar-refractivity contribution < 1.29 is 9.53 Å². The number of aromatic nitrogens is 7. The molecule has 1 amide bonds. The Morgan fingerprint density at radius 2 is 1.73 bits per heavy atom.